The largest absolute Gasteiger partial charge is 0.335 e. The van der Waals surface area contributed by atoms with Crippen LogP contribution >= 0.6 is 0 Å². The van der Waals surface area contributed by atoms with E-state index in [1.165, 1.54) is 19.3 Å². The van der Waals surface area contributed by atoms with Gasteiger partial charge in [-0.05, 0) is 33.6 Å². The van der Waals surface area contributed by atoms with Crippen molar-refractivity contribution in [3.8, 4) is 0 Å². The lowest BCUT2D eigenvalue weighted by Gasteiger charge is -2.51. The van der Waals surface area contributed by atoms with Crippen LogP contribution in [0.5, 0.6) is 0 Å². The van der Waals surface area contributed by atoms with Crippen LogP contribution in [0.15, 0.2) is 0 Å². The minimum atomic E-state index is -0.0639. The summed E-state index contributed by atoms with van der Waals surface area (Å²) >= 11 is 0. The van der Waals surface area contributed by atoms with Crippen molar-refractivity contribution >= 4 is 5.91 Å². The second-order valence-electron chi connectivity index (χ2n) is 7.13. The number of carbonyl (C=O) groups is 1. The number of nitrogens with zero attached hydrogens (tertiary/aromatic N) is 2. The molecule has 4 nitrogen and oxygen atoms in total. The van der Waals surface area contributed by atoms with E-state index in [1.54, 1.807) is 0 Å². The highest BCUT2D eigenvalue weighted by molar-refractivity contribution is 5.79. The van der Waals surface area contributed by atoms with Gasteiger partial charge < -0.3 is 10.6 Å². The summed E-state index contributed by atoms with van der Waals surface area (Å²) in [5.74, 6) is 0.261. The molecule has 0 bridgehead atoms. The van der Waals surface area contributed by atoms with E-state index in [1.807, 2.05) is 4.90 Å². The van der Waals surface area contributed by atoms with Gasteiger partial charge in [0.15, 0.2) is 0 Å². The number of nitrogens with two attached hydrogens (primary N) is 1. The van der Waals surface area contributed by atoms with E-state index in [-0.39, 0.29) is 17.0 Å². The fraction of sp³-hybridized carbons (Fsp3) is 0.933. The second kappa shape index (κ2) is 5.41. The highest BCUT2D eigenvalue weighted by Gasteiger charge is 2.41. The molecule has 1 saturated heterocycles. The van der Waals surface area contributed by atoms with Gasteiger partial charge in [-0.25, -0.2) is 0 Å². The molecule has 0 aromatic carbocycles. The van der Waals surface area contributed by atoms with E-state index >= 15 is 0 Å². The van der Waals surface area contributed by atoms with Gasteiger partial charge in [0, 0.05) is 30.7 Å². The number of piperazine rings is 1. The SMILES string of the molecule is CC(C)(C)N1CCN(C2(CN)CCCCC2)CC1=O. The van der Waals surface area contributed by atoms with Crippen LogP contribution in [-0.4, -0.2) is 53.0 Å². The van der Waals surface area contributed by atoms with Gasteiger partial charge in [-0.3, -0.25) is 9.69 Å². The minimum Gasteiger partial charge on any atom is -0.335 e. The van der Waals surface area contributed by atoms with Crippen LogP contribution in [0.1, 0.15) is 52.9 Å². The zero-order valence-corrected chi connectivity index (χ0v) is 12.7. The van der Waals surface area contributed by atoms with Crippen LogP contribution < -0.4 is 5.73 Å². The van der Waals surface area contributed by atoms with Crippen molar-refractivity contribution in [2.24, 2.45) is 5.73 Å². The molecular formula is C15H29N3O. The Kier molecular flexibility index (Phi) is 4.21. The van der Waals surface area contributed by atoms with Crippen molar-refractivity contribution in [3.05, 3.63) is 0 Å². The van der Waals surface area contributed by atoms with Crippen LogP contribution in [0.4, 0.5) is 0 Å². The zero-order chi connectivity index (χ0) is 14.1. The Morgan fingerprint density at radius 1 is 1.16 bits per heavy atom. The molecule has 0 unspecified atom stereocenters. The molecule has 2 rings (SSSR count). The van der Waals surface area contributed by atoms with E-state index < -0.39 is 0 Å². The summed E-state index contributed by atoms with van der Waals surface area (Å²) in [6.07, 6.45) is 6.14. The molecule has 2 fully saturated rings. The Labute approximate surface area is 117 Å². The summed E-state index contributed by atoms with van der Waals surface area (Å²) in [5.41, 5.74) is 6.10. The summed E-state index contributed by atoms with van der Waals surface area (Å²) in [5, 5.41) is 0. The molecule has 2 aliphatic rings. The van der Waals surface area contributed by atoms with E-state index in [9.17, 15) is 4.79 Å². The van der Waals surface area contributed by atoms with Gasteiger partial charge in [-0.1, -0.05) is 19.3 Å². The first-order valence-electron chi connectivity index (χ1n) is 7.65. The van der Waals surface area contributed by atoms with Crippen molar-refractivity contribution in [1.29, 1.82) is 0 Å². The molecule has 4 heteroatoms. The third-order valence-electron chi connectivity index (χ3n) is 4.87. The fourth-order valence-electron chi connectivity index (χ4n) is 3.65. The third-order valence-corrected chi connectivity index (χ3v) is 4.87. The first-order valence-corrected chi connectivity index (χ1v) is 7.65. The summed E-state index contributed by atoms with van der Waals surface area (Å²) in [6.45, 7) is 9.38. The second-order valence-corrected chi connectivity index (χ2v) is 7.13. The van der Waals surface area contributed by atoms with Gasteiger partial charge in [-0.2, -0.15) is 0 Å². The number of rotatable bonds is 2. The molecular weight excluding hydrogens is 238 g/mol. The molecule has 0 spiro atoms. The van der Waals surface area contributed by atoms with Crippen LogP contribution in [-0.2, 0) is 4.79 Å². The van der Waals surface area contributed by atoms with Crippen LogP contribution in [0.2, 0.25) is 0 Å². The molecule has 1 saturated carbocycles. The summed E-state index contributed by atoms with van der Waals surface area (Å²) in [6, 6.07) is 0. The maximum Gasteiger partial charge on any atom is 0.237 e. The Bertz CT molecular complexity index is 329. The van der Waals surface area contributed by atoms with Crippen LogP contribution in [0.25, 0.3) is 0 Å². The van der Waals surface area contributed by atoms with Crippen molar-refractivity contribution in [2.75, 3.05) is 26.2 Å². The summed E-state index contributed by atoms with van der Waals surface area (Å²) in [4.78, 5) is 16.8. The number of amides is 1. The van der Waals surface area contributed by atoms with Gasteiger partial charge in [0.05, 0.1) is 6.54 Å². The van der Waals surface area contributed by atoms with Gasteiger partial charge in [0.1, 0.15) is 0 Å². The molecule has 1 heterocycles. The highest BCUT2D eigenvalue weighted by Crippen LogP contribution is 2.34. The van der Waals surface area contributed by atoms with Gasteiger partial charge in [0.2, 0.25) is 5.91 Å². The average molecular weight is 267 g/mol. The maximum absolute atomic E-state index is 12.4. The van der Waals surface area contributed by atoms with Crippen LogP contribution in [0.3, 0.4) is 0 Å². The summed E-state index contributed by atoms with van der Waals surface area (Å²) < 4.78 is 0. The number of hydrogen-bond acceptors (Lipinski definition) is 3. The van der Waals surface area contributed by atoms with E-state index in [2.05, 4.69) is 25.7 Å². The lowest BCUT2D eigenvalue weighted by molar-refractivity contribution is -0.145. The highest BCUT2D eigenvalue weighted by atomic mass is 16.2. The molecule has 0 aromatic heterocycles. The fourth-order valence-corrected chi connectivity index (χ4v) is 3.65. The normalized spacial score (nSPS) is 25.7. The molecule has 0 aromatic rings. The summed E-state index contributed by atoms with van der Waals surface area (Å²) in [7, 11) is 0. The van der Waals surface area contributed by atoms with Gasteiger partial charge in [0.25, 0.3) is 0 Å². The van der Waals surface area contributed by atoms with E-state index in [4.69, 9.17) is 5.73 Å². The van der Waals surface area contributed by atoms with Crippen molar-refractivity contribution < 1.29 is 4.79 Å². The van der Waals surface area contributed by atoms with Crippen molar-refractivity contribution in [2.45, 2.75) is 64.0 Å². The lowest BCUT2D eigenvalue weighted by Crippen LogP contribution is -2.64. The minimum absolute atomic E-state index is 0.0639. The lowest BCUT2D eigenvalue weighted by atomic mass is 9.79. The predicted octanol–water partition coefficient (Wildman–Crippen LogP) is 1.59. The predicted molar refractivity (Wildman–Crippen MR) is 77.9 cm³/mol. The van der Waals surface area contributed by atoms with Gasteiger partial charge in [-0.15, -0.1) is 0 Å². The zero-order valence-electron chi connectivity index (χ0n) is 12.7. The van der Waals surface area contributed by atoms with E-state index in [0.29, 0.717) is 13.1 Å². The molecule has 19 heavy (non-hydrogen) atoms. The van der Waals surface area contributed by atoms with Gasteiger partial charge >= 0.3 is 0 Å². The molecule has 1 amide bonds. The Balaban J connectivity index is 2.06. The molecule has 1 aliphatic carbocycles. The van der Waals surface area contributed by atoms with Crippen molar-refractivity contribution in [1.82, 2.24) is 9.80 Å². The topological polar surface area (TPSA) is 49.6 Å². The maximum atomic E-state index is 12.4. The quantitative estimate of drug-likeness (QED) is 0.826. The Morgan fingerprint density at radius 3 is 2.26 bits per heavy atom. The molecule has 1 aliphatic heterocycles. The van der Waals surface area contributed by atoms with Crippen LogP contribution in [0, 0.1) is 0 Å². The first kappa shape index (κ1) is 14.8. The third kappa shape index (κ3) is 2.95. The first-order chi connectivity index (χ1) is 8.89. The Hall–Kier alpha value is -0.610. The molecule has 0 atom stereocenters. The Morgan fingerprint density at radius 2 is 1.79 bits per heavy atom. The number of hydrogen-bond donors (Lipinski definition) is 1. The smallest absolute Gasteiger partial charge is 0.237 e. The molecule has 2 N–H and O–H groups in total. The molecule has 0 radical (unpaired) electrons. The van der Waals surface area contributed by atoms with Crippen molar-refractivity contribution in [3.63, 3.8) is 0 Å². The standard InChI is InChI=1S/C15H29N3O/c1-14(2,3)18-10-9-17(11-13(18)19)15(12-16)7-5-4-6-8-15/h4-12,16H2,1-3H3. The van der Waals surface area contributed by atoms with E-state index in [0.717, 1.165) is 25.9 Å². The molecule has 110 valence electrons. The number of carbonyl (C=O) groups excluding carboxylic acids is 1. The monoisotopic (exact) mass is 267 g/mol. The average Bonchev–Trinajstić information content (AvgIpc) is 2.38.